The van der Waals surface area contributed by atoms with E-state index >= 15 is 0 Å². The van der Waals surface area contributed by atoms with Gasteiger partial charge in [0, 0.05) is 11.3 Å². The van der Waals surface area contributed by atoms with E-state index in [1.165, 1.54) is 5.57 Å². The van der Waals surface area contributed by atoms with Crippen LogP contribution in [0.1, 0.15) is 0 Å². The van der Waals surface area contributed by atoms with Crippen molar-refractivity contribution in [3.05, 3.63) is 46.8 Å². The summed E-state index contributed by atoms with van der Waals surface area (Å²) in [5.41, 5.74) is 1.38. The van der Waals surface area contributed by atoms with Crippen molar-refractivity contribution in [1.82, 2.24) is 0 Å². The Morgan fingerprint density at radius 1 is 1.40 bits per heavy atom. The molecule has 1 heterocycles. The first-order valence-corrected chi connectivity index (χ1v) is 4.14. The normalized spacial score (nSPS) is 28.0. The second kappa shape index (κ2) is 2.51. The van der Waals surface area contributed by atoms with Gasteiger partial charge in [0.25, 0.3) is 0 Å². The lowest BCUT2D eigenvalue weighted by atomic mass is 9.96. The van der Waals surface area contributed by atoms with E-state index in [0.29, 0.717) is 5.92 Å². The molecule has 0 N–H and O–H groups in total. The van der Waals surface area contributed by atoms with Gasteiger partial charge in [-0.2, -0.15) is 0 Å². The van der Waals surface area contributed by atoms with Gasteiger partial charge in [-0.1, -0.05) is 42.1 Å². The molecule has 0 aromatic carbocycles. The Morgan fingerprint density at radius 3 is 3.30 bits per heavy atom. The molecule has 1 aliphatic heterocycles. The fourth-order valence-corrected chi connectivity index (χ4v) is 1.72. The van der Waals surface area contributed by atoms with Gasteiger partial charge in [0.1, 0.15) is 0 Å². The smallest absolute Gasteiger partial charge is 0.0222 e. The van der Waals surface area contributed by atoms with Gasteiger partial charge in [-0.25, -0.2) is 0 Å². The first kappa shape index (κ1) is 6.05. The lowest BCUT2D eigenvalue weighted by Gasteiger charge is -2.14. The maximum Gasteiger partial charge on any atom is 0.0222 e. The summed E-state index contributed by atoms with van der Waals surface area (Å²) in [6.07, 6.45) is 10.6. The van der Waals surface area contributed by atoms with Crippen molar-refractivity contribution in [2.45, 2.75) is 0 Å². The van der Waals surface area contributed by atoms with Crippen LogP contribution in [0.25, 0.3) is 0 Å². The fourth-order valence-electron chi connectivity index (χ4n) is 1.06. The van der Waals surface area contributed by atoms with Crippen molar-refractivity contribution >= 4 is 11.8 Å². The Hall–Kier alpha value is -0.690. The molecular weight excluding hydrogens is 140 g/mol. The standard InChI is InChI=1S/C9H7S/c1-2-4-9-7-10-6-5-8(9)3-1/h1-5,7-8H. The quantitative estimate of drug-likeness (QED) is 0.507. The molecule has 0 spiro atoms. The molecule has 0 saturated carbocycles. The average Bonchev–Trinajstić information content (AvgIpc) is 2.05. The zero-order chi connectivity index (χ0) is 6.81. The van der Waals surface area contributed by atoms with Gasteiger partial charge < -0.3 is 0 Å². The zero-order valence-electron chi connectivity index (χ0n) is 5.45. The Labute approximate surface area is 65.0 Å². The molecule has 0 saturated heterocycles. The minimum Gasteiger partial charge on any atom is -0.0969 e. The van der Waals surface area contributed by atoms with E-state index in [4.69, 9.17) is 0 Å². The molecule has 0 fully saturated rings. The minimum atomic E-state index is 0.492. The predicted octanol–water partition coefficient (Wildman–Crippen LogP) is 2.68. The third-order valence-corrected chi connectivity index (χ3v) is 2.28. The molecule has 2 rings (SSSR count). The summed E-state index contributed by atoms with van der Waals surface area (Å²) in [6.45, 7) is 0. The number of fused-ring (bicyclic) bond motifs is 1. The van der Waals surface area contributed by atoms with Crippen molar-refractivity contribution in [3.63, 3.8) is 0 Å². The third kappa shape index (κ3) is 0.971. The molecule has 0 bridgehead atoms. The van der Waals surface area contributed by atoms with Crippen LogP contribution in [0, 0.1) is 11.3 Å². The highest BCUT2D eigenvalue weighted by Gasteiger charge is 2.09. The molecule has 1 radical (unpaired) electrons. The highest BCUT2D eigenvalue weighted by Crippen LogP contribution is 2.27. The van der Waals surface area contributed by atoms with Crippen LogP contribution in [-0.4, -0.2) is 0 Å². The van der Waals surface area contributed by atoms with Crippen molar-refractivity contribution in [3.8, 4) is 0 Å². The van der Waals surface area contributed by atoms with Crippen molar-refractivity contribution in [1.29, 1.82) is 0 Å². The maximum atomic E-state index is 3.11. The van der Waals surface area contributed by atoms with Crippen LogP contribution in [0.5, 0.6) is 0 Å². The topological polar surface area (TPSA) is 0 Å². The molecule has 0 nitrogen and oxygen atoms in total. The molecule has 1 atom stereocenters. The largest absolute Gasteiger partial charge is 0.0969 e. The van der Waals surface area contributed by atoms with Gasteiger partial charge in [0.2, 0.25) is 0 Å². The summed E-state index contributed by atoms with van der Waals surface area (Å²) < 4.78 is 0. The number of hydrogen-bond acceptors (Lipinski definition) is 1. The van der Waals surface area contributed by atoms with Gasteiger partial charge in [0.15, 0.2) is 0 Å². The monoisotopic (exact) mass is 147 g/mol. The van der Waals surface area contributed by atoms with Gasteiger partial charge >= 0.3 is 0 Å². The molecule has 10 heavy (non-hydrogen) atoms. The maximum absolute atomic E-state index is 3.11. The predicted molar refractivity (Wildman–Crippen MR) is 45.3 cm³/mol. The van der Waals surface area contributed by atoms with Crippen molar-refractivity contribution < 1.29 is 0 Å². The summed E-state index contributed by atoms with van der Waals surface area (Å²) in [5.74, 6) is 0.492. The molecule has 0 amide bonds. The minimum absolute atomic E-state index is 0.492. The zero-order valence-corrected chi connectivity index (χ0v) is 6.27. The van der Waals surface area contributed by atoms with Gasteiger partial charge in [-0.05, 0) is 11.0 Å². The van der Waals surface area contributed by atoms with E-state index in [0.717, 1.165) is 0 Å². The van der Waals surface area contributed by atoms with E-state index in [-0.39, 0.29) is 0 Å². The van der Waals surface area contributed by atoms with Gasteiger partial charge in [0.05, 0.1) is 0 Å². The first-order chi connectivity index (χ1) is 4.97. The van der Waals surface area contributed by atoms with Crippen molar-refractivity contribution in [2.75, 3.05) is 0 Å². The Balaban J connectivity index is 2.33. The summed E-state index contributed by atoms with van der Waals surface area (Å²) >= 11 is 1.63. The lowest BCUT2D eigenvalue weighted by Crippen LogP contribution is -1.99. The van der Waals surface area contributed by atoms with Crippen LogP contribution in [0.15, 0.2) is 41.4 Å². The van der Waals surface area contributed by atoms with Crippen LogP contribution in [0.3, 0.4) is 0 Å². The van der Waals surface area contributed by atoms with Crippen LogP contribution >= 0.6 is 11.8 Å². The van der Waals surface area contributed by atoms with E-state index in [1.54, 1.807) is 11.8 Å². The Morgan fingerprint density at radius 2 is 2.40 bits per heavy atom. The molecule has 1 heteroatoms. The number of allylic oxidation sites excluding steroid dienone is 6. The van der Waals surface area contributed by atoms with Crippen LogP contribution in [0.2, 0.25) is 0 Å². The number of hydrogen-bond donors (Lipinski definition) is 0. The molecule has 1 aliphatic carbocycles. The molecular formula is C9H7S. The molecule has 1 unspecified atom stereocenters. The van der Waals surface area contributed by atoms with E-state index in [9.17, 15) is 0 Å². The van der Waals surface area contributed by atoms with E-state index in [1.807, 2.05) is 0 Å². The SMILES string of the molecule is [C]1=CC2C=CC=CC2=CS1. The summed E-state index contributed by atoms with van der Waals surface area (Å²) in [4.78, 5) is 0. The molecule has 0 aromatic rings. The van der Waals surface area contributed by atoms with Crippen LogP contribution in [0.4, 0.5) is 0 Å². The van der Waals surface area contributed by atoms with E-state index in [2.05, 4.69) is 41.2 Å². The number of rotatable bonds is 0. The Bertz CT molecular complexity index is 243. The second-order valence-corrected chi connectivity index (χ2v) is 3.00. The van der Waals surface area contributed by atoms with E-state index < -0.39 is 0 Å². The average molecular weight is 147 g/mol. The van der Waals surface area contributed by atoms with Crippen molar-refractivity contribution in [2.24, 2.45) is 5.92 Å². The second-order valence-electron chi connectivity index (χ2n) is 2.29. The highest BCUT2D eigenvalue weighted by atomic mass is 32.2. The van der Waals surface area contributed by atoms with Crippen LogP contribution < -0.4 is 0 Å². The first-order valence-electron chi connectivity index (χ1n) is 3.26. The molecule has 0 aromatic heterocycles. The summed E-state index contributed by atoms with van der Waals surface area (Å²) in [5, 5.41) is 5.26. The third-order valence-electron chi connectivity index (χ3n) is 1.61. The Kier molecular flexibility index (Phi) is 1.52. The molecule has 2 aliphatic rings. The lowest BCUT2D eigenvalue weighted by molar-refractivity contribution is 0.995. The summed E-state index contributed by atoms with van der Waals surface area (Å²) in [6, 6.07) is 0. The fraction of sp³-hybridized carbons (Fsp3) is 0.111. The van der Waals surface area contributed by atoms with Crippen LogP contribution in [-0.2, 0) is 0 Å². The highest BCUT2D eigenvalue weighted by molar-refractivity contribution is 8.03. The van der Waals surface area contributed by atoms with Gasteiger partial charge in [-0.15, -0.1) is 0 Å². The summed E-state index contributed by atoms with van der Waals surface area (Å²) in [7, 11) is 0. The number of thioether (sulfide) groups is 1. The van der Waals surface area contributed by atoms with Gasteiger partial charge in [-0.3, -0.25) is 0 Å². The molecule has 49 valence electrons.